The third-order valence-electron chi connectivity index (χ3n) is 5.20. The zero-order valence-electron chi connectivity index (χ0n) is 14.9. The van der Waals surface area contributed by atoms with Gasteiger partial charge in [0.1, 0.15) is 0 Å². The SMILES string of the molecule is O=C(c1cccc(CN2CCC3(CC2)OCCO3)c1)c1cc(Cl)ccc1Cl. The zero-order valence-corrected chi connectivity index (χ0v) is 16.4. The lowest BCUT2D eigenvalue weighted by Crippen LogP contribution is -2.44. The van der Waals surface area contributed by atoms with Crippen LogP contribution in [-0.4, -0.2) is 42.8 Å². The van der Waals surface area contributed by atoms with E-state index in [-0.39, 0.29) is 11.6 Å². The van der Waals surface area contributed by atoms with Crippen LogP contribution in [0.15, 0.2) is 42.5 Å². The molecule has 1 spiro atoms. The second-order valence-electron chi connectivity index (χ2n) is 7.04. The predicted molar refractivity (Wildman–Crippen MR) is 105 cm³/mol. The summed E-state index contributed by atoms with van der Waals surface area (Å²) in [6, 6.07) is 12.7. The molecular weight excluding hydrogens is 385 g/mol. The molecule has 0 radical (unpaired) electrons. The number of ether oxygens (including phenoxy) is 2. The van der Waals surface area contributed by atoms with Crippen molar-refractivity contribution in [1.82, 2.24) is 4.90 Å². The summed E-state index contributed by atoms with van der Waals surface area (Å²) in [6.45, 7) is 4.00. The summed E-state index contributed by atoms with van der Waals surface area (Å²) in [6.07, 6.45) is 1.76. The highest BCUT2D eigenvalue weighted by Gasteiger charge is 2.39. The van der Waals surface area contributed by atoms with Crippen LogP contribution in [0.1, 0.15) is 34.3 Å². The van der Waals surface area contributed by atoms with E-state index in [0.717, 1.165) is 38.0 Å². The van der Waals surface area contributed by atoms with Gasteiger partial charge < -0.3 is 9.47 Å². The first kappa shape index (κ1) is 18.9. The van der Waals surface area contributed by atoms with Crippen LogP contribution in [0.2, 0.25) is 10.0 Å². The van der Waals surface area contributed by atoms with Gasteiger partial charge in [-0.1, -0.05) is 41.4 Å². The van der Waals surface area contributed by atoms with E-state index in [2.05, 4.69) is 4.90 Å². The fourth-order valence-corrected chi connectivity index (χ4v) is 4.11. The van der Waals surface area contributed by atoms with Crippen LogP contribution in [0.5, 0.6) is 0 Å². The average molecular weight is 406 g/mol. The van der Waals surface area contributed by atoms with Crippen molar-refractivity contribution >= 4 is 29.0 Å². The number of rotatable bonds is 4. The van der Waals surface area contributed by atoms with E-state index in [1.54, 1.807) is 18.2 Å². The molecule has 0 aromatic heterocycles. The van der Waals surface area contributed by atoms with Gasteiger partial charge in [0.2, 0.25) is 0 Å². The molecule has 0 N–H and O–H groups in total. The minimum atomic E-state index is -0.363. The van der Waals surface area contributed by atoms with Gasteiger partial charge in [0.05, 0.1) is 18.2 Å². The largest absolute Gasteiger partial charge is 0.347 e. The van der Waals surface area contributed by atoms with Crippen LogP contribution < -0.4 is 0 Å². The summed E-state index contributed by atoms with van der Waals surface area (Å²) in [5.41, 5.74) is 2.15. The van der Waals surface area contributed by atoms with Crippen LogP contribution in [0.4, 0.5) is 0 Å². The third kappa shape index (κ3) is 4.20. The lowest BCUT2D eigenvalue weighted by molar-refractivity contribution is -0.185. The van der Waals surface area contributed by atoms with Crippen molar-refractivity contribution in [1.29, 1.82) is 0 Å². The van der Waals surface area contributed by atoms with Gasteiger partial charge in [-0.05, 0) is 29.8 Å². The van der Waals surface area contributed by atoms with Crippen molar-refractivity contribution in [3.63, 3.8) is 0 Å². The lowest BCUT2D eigenvalue weighted by atomic mass is 10.00. The fraction of sp³-hybridized carbons (Fsp3) is 0.381. The van der Waals surface area contributed by atoms with E-state index in [9.17, 15) is 4.79 Å². The zero-order chi connectivity index (χ0) is 18.9. The number of carbonyl (C=O) groups is 1. The van der Waals surface area contributed by atoms with Gasteiger partial charge in [0, 0.05) is 48.6 Å². The number of ketones is 1. The standard InChI is InChI=1S/C21H21Cl2NO3/c22-17-4-5-19(23)18(13-17)20(25)16-3-1-2-15(12-16)14-24-8-6-21(7-9-24)26-10-11-27-21/h1-5,12-13H,6-11,14H2. The summed E-state index contributed by atoms with van der Waals surface area (Å²) in [5.74, 6) is -0.479. The molecule has 0 atom stereocenters. The Kier molecular flexibility index (Phi) is 5.53. The third-order valence-corrected chi connectivity index (χ3v) is 5.76. The van der Waals surface area contributed by atoms with Crippen molar-refractivity contribution < 1.29 is 14.3 Å². The first-order valence-electron chi connectivity index (χ1n) is 9.14. The predicted octanol–water partition coefficient (Wildman–Crippen LogP) is 4.56. The molecule has 4 nitrogen and oxygen atoms in total. The normalized spacial score (nSPS) is 19.5. The maximum Gasteiger partial charge on any atom is 0.194 e. The fourth-order valence-electron chi connectivity index (χ4n) is 3.73. The number of nitrogens with zero attached hydrogens (tertiary/aromatic N) is 1. The summed E-state index contributed by atoms with van der Waals surface area (Å²) in [7, 11) is 0. The minimum absolute atomic E-state index is 0.116. The maximum atomic E-state index is 12.8. The number of carbonyl (C=O) groups excluding carboxylic acids is 1. The highest BCUT2D eigenvalue weighted by atomic mass is 35.5. The van der Waals surface area contributed by atoms with Gasteiger partial charge in [-0.25, -0.2) is 0 Å². The minimum Gasteiger partial charge on any atom is -0.347 e. The number of benzene rings is 2. The molecule has 2 aliphatic rings. The van der Waals surface area contributed by atoms with E-state index >= 15 is 0 Å². The Hall–Kier alpha value is -1.43. The number of halogens is 2. The van der Waals surface area contributed by atoms with Crippen LogP contribution in [0.3, 0.4) is 0 Å². The molecule has 2 aliphatic heterocycles. The van der Waals surface area contributed by atoms with Gasteiger partial charge >= 0.3 is 0 Å². The Bertz CT molecular complexity index is 839. The molecular formula is C21H21Cl2NO3. The van der Waals surface area contributed by atoms with Gasteiger partial charge in [0.15, 0.2) is 11.6 Å². The molecule has 2 heterocycles. The number of hydrogen-bond donors (Lipinski definition) is 0. The van der Waals surface area contributed by atoms with E-state index in [1.807, 2.05) is 24.3 Å². The molecule has 27 heavy (non-hydrogen) atoms. The topological polar surface area (TPSA) is 38.8 Å². The Morgan fingerprint density at radius 3 is 2.52 bits per heavy atom. The molecule has 6 heteroatoms. The summed E-state index contributed by atoms with van der Waals surface area (Å²) in [4.78, 5) is 15.2. The number of hydrogen-bond acceptors (Lipinski definition) is 4. The first-order chi connectivity index (χ1) is 13.0. The van der Waals surface area contributed by atoms with Crippen LogP contribution in [0.25, 0.3) is 0 Å². The van der Waals surface area contributed by atoms with Crippen molar-refractivity contribution in [2.75, 3.05) is 26.3 Å². The Labute approximate surface area is 169 Å². The van der Waals surface area contributed by atoms with Gasteiger partial charge in [0.25, 0.3) is 0 Å². The van der Waals surface area contributed by atoms with Crippen LogP contribution >= 0.6 is 23.2 Å². The molecule has 2 aromatic rings. The van der Waals surface area contributed by atoms with E-state index < -0.39 is 0 Å². The first-order valence-corrected chi connectivity index (χ1v) is 9.89. The highest BCUT2D eigenvalue weighted by Crippen LogP contribution is 2.32. The van der Waals surface area contributed by atoms with E-state index in [4.69, 9.17) is 32.7 Å². The van der Waals surface area contributed by atoms with Gasteiger partial charge in [-0.3, -0.25) is 9.69 Å². The molecule has 0 bridgehead atoms. The molecule has 0 saturated carbocycles. The van der Waals surface area contributed by atoms with Crippen molar-refractivity contribution in [3.05, 3.63) is 69.2 Å². The van der Waals surface area contributed by atoms with Gasteiger partial charge in [-0.2, -0.15) is 0 Å². The Balaban J connectivity index is 1.45. The quantitative estimate of drug-likeness (QED) is 0.698. The summed E-state index contributed by atoms with van der Waals surface area (Å²) >= 11 is 12.2. The number of piperidine rings is 1. The average Bonchev–Trinajstić information content (AvgIpc) is 3.14. The highest BCUT2D eigenvalue weighted by molar-refractivity contribution is 6.36. The monoisotopic (exact) mass is 405 g/mol. The number of likely N-dealkylation sites (tertiary alicyclic amines) is 1. The van der Waals surface area contributed by atoms with Crippen LogP contribution in [0, 0.1) is 0 Å². The van der Waals surface area contributed by atoms with Crippen molar-refractivity contribution in [2.45, 2.75) is 25.2 Å². The molecule has 2 saturated heterocycles. The molecule has 2 aromatic carbocycles. The molecule has 142 valence electrons. The smallest absolute Gasteiger partial charge is 0.194 e. The van der Waals surface area contributed by atoms with Crippen LogP contribution in [-0.2, 0) is 16.0 Å². The van der Waals surface area contributed by atoms with Crippen molar-refractivity contribution in [3.8, 4) is 0 Å². The Morgan fingerprint density at radius 2 is 1.78 bits per heavy atom. The summed E-state index contributed by atoms with van der Waals surface area (Å²) in [5, 5.41) is 0.908. The molecule has 4 rings (SSSR count). The molecule has 0 unspecified atom stereocenters. The van der Waals surface area contributed by atoms with Gasteiger partial charge in [-0.15, -0.1) is 0 Å². The second-order valence-corrected chi connectivity index (χ2v) is 7.88. The van der Waals surface area contributed by atoms with Crippen molar-refractivity contribution in [2.24, 2.45) is 0 Å². The van der Waals surface area contributed by atoms with E-state index in [0.29, 0.717) is 34.4 Å². The molecule has 2 fully saturated rings. The van der Waals surface area contributed by atoms with E-state index in [1.165, 1.54) is 0 Å². The molecule has 0 amide bonds. The second kappa shape index (κ2) is 7.90. The summed E-state index contributed by atoms with van der Waals surface area (Å²) < 4.78 is 11.6. The Morgan fingerprint density at radius 1 is 1.04 bits per heavy atom. The lowest BCUT2D eigenvalue weighted by Gasteiger charge is -2.37. The molecule has 0 aliphatic carbocycles. The maximum absolute atomic E-state index is 12.8.